The van der Waals surface area contributed by atoms with Crippen LogP contribution in [0, 0.1) is 13.8 Å². The second kappa shape index (κ2) is 6.92. The van der Waals surface area contributed by atoms with Crippen LogP contribution in [0.1, 0.15) is 46.2 Å². The first-order valence-electron chi connectivity index (χ1n) is 11.9. The van der Waals surface area contributed by atoms with Crippen LogP contribution in [0.3, 0.4) is 0 Å². The molecule has 0 fully saturated rings. The third-order valence-corrected chi connectivity index (χ3v) is 7.57. The van der Waals surface area contributed by atoms with E-state index >= 15 is 0 Å². The zero-order valence-corrected chi connectivity index (χ0v) is 19.0. The van der Waals surface area contributed by atoms with Crippen LogP contribution in [0.2, 0.25) is 0 Å². The molecule has 0 bridgehead atoms. The molecule has 2 heterocycles. The first kappa shape index (κ1) is 18.9. The summed E-state index contributed by atoms with van der Waals surface area (Å²) < 4.78 is 6.44. The minimum atomic E-state index is 0.923. The van der Waals surface area contributed by atoms with Crippen LogP contribution in [0.5, 0.6) is 0 Å². The van der Waals surface area contributed by atoms with Crippen molar-refractivity contribution in [2.75, 3.05) is 0 Å². The number of fused-ring (bicyclic) bond motifs is 9. The highest BCUT2D eigenvalue weighted by Crippen LogP contribution is 2.43. The predicted octanol–water partition coefficient (Wildman–Crippen LogP) is 8.34. The van der Waals surface area contributed by atoms with Crippen LogP contribution in [-0.2, 0) is 12.8 Å². The molecular formula is C31H25NO. The van der Waals surface area contributed by atoms with Crippen molar-refractivity contribution in [2.24, 2.45) is 0 Å². The third kappa shape index (κ3) is 2.70. The molecule has 2 nitrogen and oxygen atoms in total. The molecule has 0 saturated carbocycles. The lowest BCUT2D eigenvalue weighted by atomic mass is 9.81. The molecule has 7 rings (SSSR count). The van der Waals surface area contributed by atoms with Gasteiger partial charge in [-0.2, -0.15) is 0 Å². The van der Waals surface area contributed by atoms with Gasteiger partial charge in [0.1, 0.15) is 11.2 Å². The number of furan rings is 1. The Kier molecular flexibility index (Phi) is 3.96. The van der Waals surface area contributed by atoms with Crippen molar-refractivity contribution in [3.05, 3.63) is 88.1 Å². The van der Waals surface area contributed by atoms with Crippen molar-refractivity contribution in [3.63, 3.8) is 0 Å². The Labute approximate surface area is 193 Å². The summed E-state index contributed by atoms with van der Waals surface area (Å²) in [5.41, 5.74) is 12.4. The summed E-state index contributed by atoms with van der Waals surface area (Å²) in [6.07, 6.45) is 15.8. The first-order valence-corrected chi connectivity index (χ1v) is 11.9. The number of allylic oxidation sites excluding steroid dienone is 2. The van der Waals surface area contributed by atoms with Gasteiger partial charge in [-0.1, -0.05) is 36.4 Å². The van der Waals surface area contributed by atoms with Gasteiger partial charge >= 0.3 is 0 Å². The summed E-state index contributed by atoms with van der Waals surface area (Å²) in [5, 5.41) is 4.98. The number of rotatable bonds is 1. The quantitative estimate of drug-likeness (QED) is 0.269. The summed E-state index contributed by atoms with van der Waals surface area (Å²) in [6, 6.07) is 13.2. The van der Waals surface area contributed by atoms with E-state index in [0.717, 1.165) is 53.5 Å². The van der Waals surface area contributed by atoms with Gasteiger partial charge in [0.2, 0.25) is 0 Å². The van der Waals surface area contributed by atoms with E-state index in [2.05, 4.69) is 74.5 Å². The number of benzene rings is 3. The highest BCUT2D eigenvalue weighted by molar-refractivity contribution is 6.17. The Balaban J connectivity index is 1.61. The molecule has 5 aromatic rings. The molecule has 0 spiro atoms. The van der Waals surface area contributed by atoms with Crippen LogP contribution >= 0.6 is 0 Å². The van der Waals surface area contributed by atoms with Gasteiger partial charge in [0.25, 0.3) is 0 Å². The molecule has 0 saturated heterocycles. The lowest BCUT2D eigenvalue weighted by molar-refractivity contribution is 0.669. The van der Waals surface area contributed by atoms with E-state index in [1.165, 1.54) is 38.4 Å². The smallest absolute Gasteiger partial charge is 0.136 e. The Hall–Kier alpha value is -3.65. The number of aromatic nitrogens is 1. The molecule has 0 atom stereocenters. The maximum absolute atomic E-state index is 6.44. The maximum Gasteiger partial charge on any atom is 0.136 e. The van der Waals surface area contributed by atoms with Crippen LogP contribution in [0.15, 0.2) is 59.2 Å². The number of aryl methyl sites for hydroxylation is 2. The maximum atomic E-state index is 6.44. The molecule has 160 valence electrons. The van der Waals surface area contributed by atoms with E-state index in [-0.39, 0.29) is 0 Å². The van der Waals surface area contributed by atoms with Gasteiger partial charge < -0.3 is 4.42 Å². The molecule has 0 unspecified atom stereocenters. The van der Waals surface area contributed by atoms with Crippen molar-refractivity contribution in [2.45, 2.75) is 39.5 Å². The fourth-order valence-electron chi connectivity index (χ4n) is 5.76. The van der Waals surface area contributed by atoms with E-state index in [1.54, 1.807) is 11.1 Å². The summed E-state index contributed by atoms with van der Waals surface area (Å²) in [7, 11) is 0. The standard InChI is InChI=1S/C31H25NO/c1-18-14-28(32-17-19(18)2)24-12-7-13-29-31(24)27-15-25-22-10-5-3-8-20(22)21-9-4-6-11-23(21)26(25)16-30(27)33-29/h5-7,10-17H,3-4,8-9H2,1-2H3. The van der Waals surface area contributed by atoms with E-state index < -0.39 is 0 Å². The van der Waals surface area contributed by atoms with E-state index in [4.69, 9.17) is 9.40 Å². The highest BCUT2D eigenvalue weighted by atomic mass is 16.3. The van der Waals surface area contributed by atoms with Crippen LogP contribution < -0.4 is 0 Å². The SMILES string of the molecule is Cc1cnc(-c2cccc3oc4cc5c6c(c7c(c5cc4c23)C=CCC7)CCC=C6)cc1C. The Morgan fingerprint density at radius 2 is 1.48 bits per heavy atom. The molecule has 2 aliphatic rings. The van der Waals surface area contributed by atoms with Gasteiger partial charge in [0.05, 0.1) is 5.69 Å². The number of hydrogen-bond donors (Lipinski definition) is 0. The molecule has 0 amide bonds. The predicted molar refractivity (Wildman–Crippen MR) is 139 cm³/mol. The van der Waals surface area contributed by atoms with Crippen LogP contribution in [-0.4, -0.2) is 4.98 Å². The van der Waals surface area contributed by atoms with Crippen LogP contribution in [0.4, 0.5) is 0 Å². The summed E-state index contributed by atoms with van der Waals surface area (Å²) in [6.45, 7) is 4.26. The lowest BCUT2D eigenvalue weighted by Gasteiger charge is -2.23. The van der Waals surface area contributed by atoms with Crippen LogP contribution in [0.25, 0.3) is 56.1 Å². The molecule has 33 heavy (non-hydrogen) atoms. The van der Waals surface area contributed by atoms with E-state index in [1.807, 2.05) is 6.20 Å². The summed E-state index contributed by atoms with van der Waals surface area (Å²) >= 11 is 0. The second-order valence-corrected chi connectivity index (χ2v) is 9.50. The monoisotopic (exact) mass is 427 g/mol. The average molecular weight is 428 g/mol. The number of hydrogen-bond acceptors (Lipinski definition) is 2. The Bertz CT molecular complexity index is 1680. The first-order chi connectivity index (χ1) is 16.2. The van der Waals surface area contributed by atoms with Gasteiger partial charge in [-0.15, -0.1) is 0 Å². The van der Waals surface area contributed by atoms with Gasteiger partial charge in [0, 0.05) is 22.5 Å². The zero-order valence-electron chi connectivity index (χ0n) is 19.0. The van der Waals surface area contributed by atoms with Crippen molar-refractivity contribution in [3.8, 4) is 11.3 Å². The van der Waals surface area contributed by atoms with Gasteiger partial charge in [-0.05, 0) is 108 Å². The topological polar surface area (TPSA) is 26.0 Å². The van der Waals surface area contributed by atoms with Gasteiger partial charge in [-0.3, -0.25) is 4.98 Å². The largest absolute Gasteiger partial charge is 0.456 e. The summed E-state index contributed by atoms with van der Waals surface area (Å²) in [4.78, 5) is 4.77. The van der Waals surface area contributed by atoms with Gasteiger partial charge in [-0.25, -0.2) is 0 Å². The minimum absolute atomic E-state index is 0.923. The van der Waals surface area contributed by atoms with Crippen molar-refractivity contribution >= 4 is 44.9 Å². The van der Waals surface area contributed by atoms with Crippen molar-refractivity contribution < 1.29 is 4.42 Å². The molecule has 2 aliphatic carbocycles. The fourth-order valence-corrected chi connectivity index (χ4v) is 5.76. The normalized spacial score (nSPS) is 14.8. The summed E-state index contributed by atoms with van der Waals surface area (Å²) in [5.74, 6) is 0. The zero-order chi connectivity index (χ0) is 22.1. The van der Waals surface area contributed by atoms with Crippen molar-refractivity contribution in [1.29, 1.82) is 0 Å². The van der Waals surface area contributed by atoms with E-state index in [9.17, 15) is 0 Å². The Morgan fingerprint density at radius 3 is 2.21 bits per heavy atom. The lowest BCUT2D eigenvalue weighted by Crippen LogP contribution is -2.06. The number of nitrogens with zero attached hydrogens (tertiary/aromatic N) is 1. The fraction of sp³-hybridized carbons (Fsp3) is 0.194. The van der Waals surface area contributed by atoms with E-state index in [0.29, 0.717) is 0 Å². The Morgan fingerprint density at radius 1 is 0.758 bits per heavy atom. The molecule has 2 aromatic heterocycles. The molecule has 0 radical (unpaired) electrons. The minimum Gasteiger partial charge on any atom is -0.456 e. The molecule has 0 N–H and O–H groups in total. The second-order valence-electron chi connectivity index (χ2n) is 9.50. The average Bonchev–Trinajstić information content (AvgIpc) is 3.23. The molecule has 3 aromatic carbocycles. The number of pyridine rings is 1. The third-order valence-electron chi connectivity index (χ3n) is 7.57. The highest BCUT2D eigenvalue weighted by Gasteiger charge is 2.22. The molecule has 2 heteroatoms. The van der Waals surface area contributed by atoms with Gasteiger partial charge in [0.15, 0.2) is 0 Å². The molecule has 0 aliphatic heterocycles. The molecular weight excluding hydrogens is 402 g/mol. The van der Waals surface area contributed by atoms with Crippen molar-refractivity contribution in [1.82, 2.24) is 4.98 Å².